The Morgan fingerprint density at radius 1 is 0.633 bits per heavy atom. The molecule has 0 aromatic heterocycles. The maximum atomic E-state index is 13.2. The highest BCUT2D eigenvalue weighted by molar-refractivity contribution is 6.11. The quantitative estimate of drug-likeness (QED) is 0.0857. The van der Waals surface area contributed by atoms with E-state index in [1.165, 1.54) is 69.8 Å². The van der Waals surface area contributed by atoms with Crippen molar-refractivity contribution in [2.45, 2.75) is 137 Å². The third kappa shape index (κ3) is 9.70. The van der Waals surface area contributed by atoms with Crippen molar-refractivity contribution in [1.29, 1.82) is 0 Å². The number of unbranched alkanes of at least 4 members (excludes halogenated alkanes) is 2. The average molecular weight is 673 g/mol. The van der Waals surface area contributed by atoms with Crippen LogP contribution in [0.4, 0.5) is 0 Å². The highest BCUT2D eigenvalue weighted by atomic mass is 16.6. The minimum Gasteiger partial charge on any atom is -0.481 e. The summed E-state index contributed by atoms with van der Waals surface area (Å²) in [7, 11) is 0. The summed E-state index contributed by atoms with van der Waals surface area (Å²) in [6, 6.07) is 14.3. The fourth-order valence-electron chi connectivity index (χ4n) is 8.24. The topological polar surface area (TPSA) is 71.1 Å². The average Bonchev–Trinajstić information content (AvgIpc) is 3.13. The first-order valence-electron chi connectivity index (χ1n) is 19.4. The number of carbonyl (C=O) groups is 2. The van der Waals surface area contributed by atoms with E-state index >= 15 is 0 Å². The van der Waals surface area contributed by atoms with Crippen LogP contribution in [0.1, 0.15) is 124 Å². The molecule has 0 radical (unpaired) electrons. The number of benzene rings is 3. The second-order valence-electron chi connectivity index (χ2n) is 15.0. The molecule has 0 N–H and O–H groups in total. The number of hydrogen-bond acceptors (Lipinski definition) is 6. The van der Waals surface area contributed by atoms with Crippen molar-refractivity contribution in [2.24, 2.45) is 23.7 Å². The Bertz CT molecular complexity index is 1520. The van der Waals surface area contributed by atoms with E-state index in [4.69, 9.17) is 18.9 Å². The molecule has 3 aromatic rings. The van der Waals surface area contributed by atoms with Crippen LogP contribution < -0.4 is 9.47 Å². The lowest BCUT2D eigenvalue weighted by Gasteiger charge is -2.31. The van der Waals surface area contributed by atoms with Crippen LogP contribution in [-0.2, 0) is 25.5 Å². The third-order valence-electron chi connectivity index (χ3n) is 11.6. The molecule has 0 saturated heterocycles. The van der Waals surface area contributed by atoms with Crippen LogP contribution >= 0.6 is 0 Å². The fraction of sp³-hybridized carbons (Fsp3) is 0.628. The molecule has 5 rings (SSSR count). The lowest BCUT2D eigenvalue weighted by molar-refractivity contribution is -0.155. The van der Waals surface area contributed by atoms with Gasteiger partial charge in [-0.05, 0) is 62.0 Å². The van der Waals surface area contributed by atoms with E-state index in [1.807, 2.05) is 38.1 Å². The van der Waals surface area contributed by atoms with E-state index in [-0.39, 0.29) is 37.4 Å². The van der Waals surface area contributed by atoms with Crippen LogP contribution in [0.15, 0.2) is 42.5 Å². The van der Waals surface area contributed by atoms with Gasteiger partial charge >= 0.3 is 11.9 Å². The van der Waals surface area contributed by atoms with Gasteiger partial charge in [-0.3, -0.25) is 0 Å². The van der Waals surface area contributed by atoms with Crippen LogP contribution in [0.3, 0.4) is 0 Å². The van der Waals surface area contributed by atoms with Crippen LogP contribution in [0.2, 0.25) is 0 Å². The van der Waals surface area contributed by atoms with Gasteiger partial charge in [0.05, 0.1) is 0 Å². The van der Waals surface area contributed by atoms with Crippen molar-refractivity contribution in [2.75, 3.05) is 13.2 Å². The van der Waals surface area contributed by atoms with Crippen LogP contribution in [0.25, 0.3) is 21.5 Å². The molecular formula is C43H60O6. The second kappa shape index (κ2) is 18.1. The summed E-state index contributed by atoms with van der Waals surface area (Å²) in [4.78, 5) is 26.3. The number of hydrogen-bond donors (Lipinski definition) is 0. The molecule has 6 heteroatoms. The number of ether oxygens (including phenoxy) is 4. The van der Waals surface area contributed by atoms with Gasteiger partial charge in [-0.1, -0.05) is 134 Å². The lowest BCUT2D eigenvalue weighted by Crippen LogP contribution is -2.31. The molecule has 49 heavy (non-hydrogen) atoms. The summed E-state index contributed by atoms with van der Waals surface area (Å²) in [5.74, 6) is 2.39. The van der Waals surface area contributed by atoms with Gasteiger partial charge < -0.3 is 18.9 Å². The molecule has 0 amide bonds. The smallest absolute Gasteiger partial charge is 0.344 e. The Hall–Kier alpha value is -3.28. The fourth-order valence-corrected chi connectivity index (χ4v) is 8.24. The zero-order valence-electron chi connectivity index (χ0n) is 30.8. The maximum Gasteiger partial charge on any atom is 0.344 e. The van der Waals surface area contributed by atoms with Crippen LogP contribution in [-0.4, -0.2) is 37.4 Å². The lowest BCUT2D eigenvalue weighted by atomic mass is 9.79. The van der Waals surface area contributed by atoms with Gasteiger partial charge in [0.25, 0.3) is 0 Å². The monoisotopic (exact) mass is 672 g/mol. The van der Waals surface area contributed by atoms with E-state index in [0.29, 0.717) is 35.2 Å². The van der Waals surface area contributed by atoms with Crippen molar-refractivity contribution >= 4 is 33.5 Å². The molecular weight excluding hydrogens is 612 g/mol. The first kappa shape index (κ1) is 37.0. The molecule has 0 aliphatic heterocycles. The predicted octanol–water partition coefficient (Wildman–Crippen LogP) is 10.8. The summed E-state index contributed by atoms with van der Waals surface area (Å²) >= 11 is 0. The molecule has 0 bridgehead atoms. The Labute approximate surface area is 294 Å². The molecule has 4 atom stereocenters. The number of carbonyl (C=O) groups excluding carboxylic acids is 2. The first-order chi connectivity index (χ1) is 23.8. The SMILES string of the molecule is CCCCCc1ccc2c(OCC(=O)OC(C)C(C)C3CCCCC3)c3ccccc3c(OCC(=O)OC(C)C(C)C3CCCCC3)c2c1. The molecule has 2 saturated carbocycles. The Kier molecular flexibility index (Phi) is 13.7. The summed E-state index contributed by atoms with van der Waals surface area (Å²) in [6.07, 6.45) is 16.5. The number of fused-ring (bicyclic) bond motifs is 2. The number of rotatable bonds is 16. The van der Waals surface area contributed by atoms with Gasteiger partial charge in [0, 0.05) is 21.5 Å². The van der Waals surface area contributed by atoms with E-state index in [0.717, 1.165) is 47.2 Å². The summed E-state index contributed by atoms with van der Waals surface area (Å²) in [6.45, 7) is 10.3. The summed E-state index contributed by atoms with van der Waals surface area (Å²) in [5.41, 5.74) is 1.20. The van der Waals surface area contributed by atoms with E-state index < -0.39 is 0 Å². The minimum atomic E-state index is -0.358. The van der Waals surface area contributed by atoms with Gasteiger partial charge in [-0.2, -0.15) is 0 Å². The predicted molar refractivity (Wildman–Crippen MR) is 198 cm³/mol. The second-order valence-corrected chi connectivity index (χ2v) is 15.0. The highest BCUT2D eigenvalue weighted by Crippen LogP contribution is 2.43. The van der Waals surface area contributed by atoms with E-state index in [2.05, 4.69) is 39.0 Å². The molecule has 3 aromatic carbocycles. The molecule has 0 spiro atoms. The van der Waals surface area contributed by atoms with Crippen LogP contribution in [0.5, 0.6) is 11.5 Å². The zero-order valence-corrected chi connectivity index (χ0v) is 30.8. The Morgan fingerprint density at radius 3 is 1.59 bits per heavy atom. The van der Waals surface area contributed by atoms with Gasteiger partial charge in [-0.25, -0.2) is 9.59 Å². The Balaban J connectivity index is 1.35. The van der Waals surface area contributed by atoms with Crippen molar-refractivity contribution in [3.8, 4) is 11.5 Å². The minimum absolute atomic E-state index is 0.165. The largest absolute Gasteiger partial charge is 0.481 e. The van der Waals surface area contributed by atoms with Crippen LogP contribution in [0, 0.1) is 23.7 Å². The van der Waals surface area contributed by atoms with E-state index in [1.54, 1.807) is 0 Å². The molecule has 2 aliphatic carbocycles. The van der Waals surface area contributed by atoms with Gasteiger partial charge in [0.15, 0.2) is 13.2 Å². The Morgan fingerprint density at radius 2 is 1.10 bits per heavy atom. The molecule has 2 aliphatic rings. The van der Waals surface area contributed by atoms with Gasteiger partial charge in [-0.15, -0.1) is 0 Å². The van der Waals surface area contributed by atoms with Gasteiger partial charge in [0.2, 0.25) is 0 Å². The maximum absolute atomic E-state index is 13.2. The van der Waals surface area contributed by atoms with Gasteiger partial charge in [0.1, 0.15) is 23.7 Å². The summed E-state index contributed by atoms with van der Waals surface area (Å²) in [5, 5.41) is 3.37. The number of esters is 2. The summed E-state index contributed by atoms with van der Waals surface area (Å²) < 4.78 is 24.6. The van der Waals surface area contributed by atoms with E-state index in [9.17, 15) is 9.59 Å². The molecule has 4 unspecified atom stereocenters. The van der Waals surface area contributed by atoms with Crippen molar-refractivity contribution in [3.05, 3.63) is 48.0 Å². The normalized spacial score (nSPS) is 18.5. The molecule has 2 fully saturated rings. The standard InChI is InChI=1S/C43H60O6/c1-6-7-10-17-33-24-25-38-39(26-33)43(47-28-41(45)49-32(5)30(3)35-20-13-9-14-21-35)37-23-16-15-22-36(37)42(38)46-27-40(44)48-31(4)29(2)34-18-11-8-12-19-34/h15-16,22-26,29-32,34-35H,6-14,17-21,27-28H2,1-5H3. The third-order valence-corrected chi connectivity index (χ3v) is 11.6. The molecule has 6 nitrogen and oxygen atoms in total. The first-order valence-corrected chi connectivity index (χ1v) is 19.4. The zero-order chi connectivity index (χ0) is 34.8. The molecule has 0 heterocycles. The van der Waals surface area contributed by atoms with Crippen molar-refractivity contribution in [1.82, 2.24) is 0 Å². The van der Waals surface area contributed by atoms with Crippen molar-refractivity contribution < 1.29 is 28.5 Å². The number of aryl methyl sites for hydroxylation is 1. The molecule has 268 valence electrons. The highest BCUT2D eigenvalue weighted by Gasteiger charge is 2.29. The van der Waals surface area contributed by atoms with Crippen molar-refractivity contribution in [3.63, 3.8) is 0 Å².